The van der Waals surface area contributed by atoms with Crippen molar-refractivity contribution in [1.82, 2.24) is 0 Å². The molecule has 4 saturated carbocycles. The molecule has 5 unspecified atom stereocenters. The standard InChI is InChI=1S/C25H42O4/c1-14(5-8-21(27)28)17-6-7-18-22-19(10-12-24(17,18)3)25(4)11-9-16(26)13-20(25)15(2)23(22)29/h14-20,22-23,26,29H,5-13H2,1-4H3,(H,27,28)/t14-,15-,16-,17-,18?,19?,20?,22?,23?,24-,25-/m1/s1. The maximum Gasteiger partial charge on any atom is 0.303 e. The molecule has 0 spiro atoms. The first-order valence-corrected chi connectivity index (χ1v) is 12.2. The Morgan fingerprint density at radius 1 is 1.00 bits per heavy atom. The quantitative estimate of drug-likeness (QED) is 0.631. The highest BCUT2D eigenvalue weighted by Crippen LogP contribution is 2.69. The lowest BCUT2D eigenvalue weighted by molar-refractivity contribution is -0.199. The average molecular weight is 407 g/mol. The molecule has 0 aromatic heterocycles. The molecule has 0 bridgehead atoms. The molecule has 0 heterocycles. The summed E-state index contributed by atoms with van der Waals surface area (Å²) >= 11 is 0. The van der Waals surface area contributed by atoms with E-state index in [0.29, 0.717) is 35.5 Å². The average Bonchev–Trinajstić information content (AvgIpc) is 3.02. The summed E-state index contributed by atoms with van der Waals surface area (Å²) < 4.78 is 0. The molecule has 0 amide bonds. The second kappa shape index (κ2) is 7.51. The van der Waals surface area contributed by atoms with Crippen LogP contribution < -0.4 is 0 Å². The van der Waals surface area contributed by atoms with Gasteiger partial charge in [-0.3, -0.25) is 4.79 Å². The van der Waals surface area contributed by atoms with Crippen LogP contribution in [0, 0.1) is 52.3 Å². The minimum absolute atomic E-state index is 0.195. The molecule has 4 aliphatic rings. The zero-order chi connectivity index (χ0) is 21.1. The third-order valence-electron chi connectivity index (χ3n) is 10.7. The Bertz CT molecular complexity index is 634. The van der Waals surface area contributed by atoms with E-state index in [-0.39, 0.29) is 35.4 Å². The summed E-state index contributed by atoms with van der Waals surface area (Å²) in [5.74, 6) is 2.50. The number of carboxylic acids is 1. The van der Waals surface area contributed by atoms with Gasteiger partial charge in [-0.05, 0) is 104 Å². The summed E-state index contributed by atoms with van der Waals surface area (Å²) in [6.07, 6.45) is 8.22. The van der Waals surface area contributed by atoms with E-state index in [9.17, 15) is 15.0 Å². The summed E-state index contributed by atoms with van der Waals surface area (Å²) in [5, 5.41) is 31.0. The molecule has 4 fully saturated rings. The first kappa shape index (κ1) is 21.6. The van der Waals surface area contributed by atoms with Crippen molar-refractivity contribution in [1.29, 1.82) is 0 Å². The number of carboxylic acid groups (broad SMARTS) is 1. The molecule has 0 saturated heterocycles. The fraction of sp³-hybridized carbons (Fsp3) is 0.960. The third-order valence-corrected chi connectivity index (χ3v) is 10.7. The Hall–Kier alpha value is -0.610. The second-order valence-electron chi connectivity index (χ2n) is 11.8. The van der Waals surface area contributed by atoms with Crippen molar-refractivity contribution in [3.05, 3.63) is 0 Å². The van der Waals surface area contributed by atoms with Gasteiger partial charge < -0.3 is 15.3 Å². The minimum Gasteiger partial charge on any atom is -0.481 e. The Morgan fingerprint density at radius 2 is 1.66 bits per heavy atom. The van der Waals surface area contributed by atoms with Gasteiger partial charge >= 0.3 is 5.97 Å². The number of aliphatic carboxylic acids is 1. The van der Waals surface area contributed by atoms with Crippen LogP contribution in [0.1, 0.15) is 85.5 Å². The molecule has 4 aliphatic carbocycles. The molecule has 11 atom stereocenters. The topological polar surface area (TPSA) is 77.8 Å². The predicted molar refractivity (Wildman–Crippen MR) is 113 cm³/mol. The van der Waals surface area contributed by atoms with Crippen molar-refractivity contribution in [3.8, 4) is 0 Å². The Morgan fingerprint density at radius 3 is 2.34 bits per heavy atom. The summed E-state index contributed by atoms with van der Waals surface area (Å²) in [6, 6.07) is 0. The van der Waals surface area contributed by atoms with Gasteiger partial charge in [-0.25, -0.2) is 0 Å². The summed E-state index contributed by atoms with van der Waals surface area (Å²) in [4.78, 5) is 11.1. The molecule has 0 aromatic carbocycles. The largest absolute Gasteiger partial charge is 0.481 e. The SMILES string of the molecule is C[C@H]1C(O)C2C(CC[C@@]3(C)C2CC[C@@H]3[C@H](C)CCC(=O)O)[C@@]2(C)CC[C@@H](O)CC12. The lowest BCUT2D eigenvalue weighted by atomic mass is 9.42. The fourth-order valence-corrected chi connectivity index (χ4v) is 9.18. The van der Waals surface area contributed by atoms with E-state index in [4.69, 9.17) is 5.11 Å². The lowest BCUT2D eigenvalue weighted by Crippen LogP contribution is -2.61. The molecular formula is C25H42O4. The zero-order valence-corrected chi connectivity index (χ0v) is 18.8. The van der Waals surface area contributed by atoms with Crippen LogP contribution in [-0.4, -0.2) is 33.5 Å². The Kier molecular flexibility index (Phi) is 5.60. The van der Waals surface area contributed by atoms with Crippen molar-refractivity contribution in [2.75, 3.05) is 0 Å². The van der Waals surface area contributed by atoms with Crippen LogP contribution in [0.25, 0.3) is 0 Å². The summed E-state index contributed by atoms with van der Waals surface area (Å²) in [6.45, 7) is 9.41. The maximum absolute atomic E-state index is 11.5. The van der Waals surface area contributed by atoms with Crippen LogP contribution in [0.15, 0.2) is 0 Å². The van der Waals surface area contributed by atoms with Gasteiger partial charge in [0, 0.05) is 6.42 Å². The van der Waals surface area contributed by atoms with Gasteiger partial charge in [0.1, 0.15) is 0 Å². The summed E-state index contributed by atoms with van der Waals surface area (Å²) in [7, 11) is 0. The van der Waals surface area contributed by atoms with Crippen LogP contribution in [0.2, 0.25) is 0 Å². The highest BCUT2D eigenvalue weighted by atomic mass is 16.4. The van der Waals surface area contributed by atoms with Crippen molar-refractivity contribution in [2.24, 2.45) is 52.3 Å². The molecule has 4 nitrogen and oxygen atoms in total. The maximum atomic E-state index is 11.5. The van der Waals surface area contributed by atoms with E-state index in [2.05, 4.69) is 27.7 Å². The molecule has 29 heavy (non-hydrogen) atoms. The monoisotopic (exact) mass is 406 g/mol. The number of aliphatic hydroxyl groups excluding tert-OH is 2. The fourth-order valence-electron chi connectivity index (χ4n) is 9.18. The van der Waals surface area contributed by atoms with E-state index in [1.165, 1.54) is 25.7 Å². The van der Waals surface area contributed by atoms with Crippen molar-refractivity contribution in [2.45, 2.75) is 97.7 Å². The molecule has 0 aromatic rings. The second-order valence-corrected chi connectivity index (χ2v) is 11.8. The first-order chi connectivity index (χ1) is 13.6. The highest BCUT2D eigenvalue weighted by Gasteiger charge is 2.64. The normalized spacial score (nSPS) is 52.9. The van der Waals surface area contributed by atoms with Gasteiger partial charge in [-0.1, -0.05) is 27.7 Å². The number of hydrogen-bond acceptors (Lipinski definition) is 3. The lowest BCUT2D eigenvalue weighted by Gasteiger charge is -2.64. The zero-order valence-electron chi connectivity index (χ0n) is 18.8. The number of hydrogen-bond donors (Lipinski definition) is 3. The summed E-state index contributed by atoms with van der Waals surface area (Å²) in [5.41, 5.74) is 0.480. The molecule has 4 heteroatoms. The van der Waals surface area contributed by atoms with E-state index < -0.39 is 5.97 Å². The van der Waals surface area contributed by atoms with Gasteiger partial charge in [0.05, 0.1) is 12.2 Å². The number of fused-ring (bicyclic) bond motifs is 5. The predicted octanol–water partition coefficient (Wildman–Crippen LogP) is 4.72. The number of rotatable bonds is 4. The van der Waals surface area contributed by atoms with Gasteiger partial charge in [-0.15, -0.1) is 0 Å². The molecule has 4 rings (SSSR count). The van der Waals surface area contributed by atoms with Crippen LogP contribution in [0.4, 0.5) is 0 Å². The molecule has 0 radical (unpaired) electrons. The van der Waals surface area contributed by atoms with Crippen molar-refractivity contribution < 1.29 is 20.1 Å². The van der Waals surface area contributed by atoms with Crippen LogP contribution in [0.3, 0.4) is 0 Å². The van der Waals surface area contributed by atoms with Crippen LogP contribution >= 0.6 is 0 Å². The molecular weight excluding hydrogens is 364 g/mol. The number of aliphatic hydroxyl groups is 2. The van der Waals surface area contributed by atoms with Gasteiger partial charge in [0.25, 0.3) is 0 Å². The van der Waals surface area contributed by atoms with Gasteiger partial charge in [-0.2, -0.15) is 0 Å². The van der Waals surface area contributed by atoms with E-state index in [1.54, 1.807) is 0 Å². The molecule has 3 N–H and O–H groups in total. The third kappa shape index (κ3) is 3.28. The highest BCUT2D eigenvalue weighted by molar-refractivity contribution is 5.66. The van der Waals surface area contributed by atoms with Crippen LogP contribution in [0.5, 0.6) is 0 Å². The van der Waals surface area contributed by atoms with E-state index >= 15 is 0 Å². The van der Waals surface area contributed by atoms with E-state index in [1.807, 2.05) is 0 Å². The van der Waals surface area contributed by atoms with Gasteiger partial charge in [0.2, 0.25) is 0 Å². The molecule has 166 valence electrons. The molecule has 0 aliphatic heterocycles. The van der Waals surface area contributed by atoms with Crippen LogP contribution in [-0.2, 0) is 4.79 Å². The van der Waals surface area contributed by atoms with E-state index in [0.717, 1.165) is 25.7 Å². The van der Waals surface area contributed by atoms with Crippen molar-refractivity contribution in [3.63, 3.8) is 0 Å². The Labute approximate surface area is 176 Å². The Balaban J connectivity index is 1.59. The number of carbonyl (C=O) groups is 1. The smallest absolute Gasteiger partial charge is 0.303 e. The van der Waals surface area contributed by atoms with Crippen molar-refractivity contribution >= 4 is 5.97 Å². The first-order valence-electron chi connectivity index (χ1n) is 12.2. The van der Waals surface area contributed by atoms with Gasteiger partial charge in [0.15, 0.2) is 0 Å². The minimum atomic E-state index is -0.685.